The van der Waals surface area contributed by atoms with Crippen molar-refractivity contribution >= 4 is 43.4 Å². The van der Waals surface area contributed by atoms with Crippen LogP contribution in [-0.4, -0.2) is 11.6 Å². The van der Waals surface area contributed by atoms with Gasteiger partial charge in [-0.15, -0.1) is 0 Å². The first kappa shape index (κ1) is 14.9. The van der Waals surface area contributed by atoms with Gasteiger partial charge in [-0.2, -0.15) is 0 Å². The monoisotopic (exact) mass is 408 g/mol. The van der Waals surface area contributed by atoms with Crippen LogP contribution in [0.25, 0.3) is 0 Å². The molecule has 4 heteroatoms. The molecule has 1 aromatic rings. The Bertz CT molecular complexity index is 714. The minimum Gasteiger partial charge on any atom is -0.293 e. The summed E-state index contributed by atoms with van der Waals surface area (Å²) < 4.78 is 1.71. The van der Waals surface area contributed by atoms with E-state index in [0.29, 0.717) is 11.1 Å². The molecule has 0 spiro atoms. The van der Waals surface area contributed by atoms with Crippen molar-refractivity contribution in [3.8, 4) is 0 Å². The van der Waals surface area contributed by atoms with Crippen molar-refractivity contribution in [3.05, 3.63) is 56.0 Å². The molecule has 0 amide bonds. The molecule has 21 heavy (non-hydrogen) atoms. The third-order valence-electron chi connectivity index (χ3n) is 4.13. The summed E-state index contributed by atoms with van der Waals surface area (Å²) in [7, 11) is 0. The number of Topliss-reactive ketones (excluding diaryl/α,β-unsaturated/α-hetero) is 2. The molecule has 108 valence electrons. The Morgan fingerprint density at radius 1 is 1.05 bits per heavy atom. The van der Waals surface area contributed by atoms with E-state index in [1.165, 1.54) is 0 Å². The van der Waals surface area contributed by atoms with E-state index in [1.54, 1.807) is 12.1 Å². The third-order valence-corrected chi connectivity index (χ3v) is 5.11. The van der Waals surface area contributed by atoms with Crippen molar-refractivity contribution in [2.24, 2.45) is 17.8 Å². The van der Waals surface area contributed by atoms with Crippen LogP contribution >= 0.6 is 31.9 Å². The molecule has 2 nitrogen and oxygen atoms in total. The van der Waals surface area contributed by atoms with Gasteiger partial charge in [-0.25, -0.2) is 0 Å². The highest BCUT2D eigenvalue weighted by Crippen LogP contribution is 2.43. The minimum absolute atomic E-state index is 0.0327. The van der Waals surface area contributed by atoms with Crippen LogP contribution in [0.4, 0.5) is 0 Å². The van der Waals surface area contributed by atoms with Crippen molar-refractivity contribution in [1.29, 1.82) is 0 Å². The Morgan fingerprint density at radius 2 is 1.76 bits per heavy atom. The molecule has 0 radical (unpaired) electrons. The Kier molecular flexibility index (Phi) is 3.78. The lowest BCUT2D eigenvalue weighted by Gasteiger charge is -2.34. The van der Waals surface area contributed by atoms with E-state index in [9.17, 15) is 9.59 Å². The maximum atomic E-state index is 12.9. The summed E-state index contributed by atoms with van der Waals surface area (Å²) in [6.07, 6.45) is 3.85. The van der Waals surface area contributed by atoms with Crippen molar-refractivity contribution in [2.45, 2.75) is 13.8 Å². The Labute approximate surface area is 140 Å². The zero-order valence-corrected chi connectivity index (χ0v) is 14.9. The van der Waals surface area contributed by atoms with Gasteiger partial charge in [-0.05, 0) is 30.2 Å². The maximum Gasteiger partial charge on any atom is 0.171 e. The van der Waals surface area contributed by atoms with E-state index < -0.39 is 0 Å². The number of hydrogen-bond acceptors (Lipinski definition) is 2. The van der Waals surface area contributed by atoms with E-state index in [2.05, 4.69) is 45.7 Å². The lowest BCUT2D eigenvalue weighted by atomic mass is 9.67. The number of carbonyl (C=O) groups excluding carboxylic acids is 2. The van der Waals surface area contributed by atoms with Crippen LogP contribution in [0.3, 0.4) is 0 Å². The fraction of sp³-hybridized carbons (Fsp3) is 0.294. The van der Waals surface area contributed by atoms with Crippen LogP contribution in [0.15, 0.2) is 44.9 Å². The highest BCUT2D eigenvalue weighted by Gasteiger charge is 2.44. The van der Waals surface area contributed by atoms with E-state index in [0.717, 1.165) is 14.5 Å². The molecule has 0 heterocycles. The maximum absolute atomic E-state index is 12.9. The van der Waals surface area contributed by atoms with Crippen LogP contribution in [0.2, 0.25) is 0 Å². The number of hydrogen-bond donors (Lipinski definition) is 0. The van der Waals surface area contributed by atoms with Gasteiger partial charge in [-0.3, -0.25) is 9.59 Å². The minimum atomic E-state index is -0.386. The first-order valence-corrected chi connectivity index (χ1v) is 8.45. The van der Waals surface area contributed by atoms with Crippen LogP contribution in [0, 0.1) is 17.8 Å². The van der Waals surface area contributed by atoms with Gasteiger partial charge in [0.1, 0.15) is 0 Å². The molecule has 0 aromatic heterocycles. The fourth-order valence-corrected chi connectivity index (χ4v) is 4.03. The fourth-order valence-electron chi connectivity index (χ4n) is 3.12. The van der Waals surface area contributed by atoms with Gasteiger partial charge < -0.3 is 0 Å². The summed E-state index contributed by atoms with van der Waals surface area (Å²) in [5, 5.41) is 0. The Balaban J connectivity index is 2.20. The predicted molar refractivity (Wildman–Crippen MR) is 89.7 cm³/mol. The second kappa shape index (κ2) is 5.33. The van der Waals surface area contributed by atoms with Gasteiger partial charge in [0.2, 0.25) is 0 Å². The Hall–Kier alpha value is -1.00. The van der Waals surface area contributed by atoms with Gasteiger partial charge in [0.25, 0.3) is 0 Å². The number of halogens is 2. The zero-order chi connectivity index (χ0) is 15.3. The molecule has 0 saturated carbocycles. The normalized spacial score (nSPS) is 24.4. The summed E-state index contributed by atoms with van der Waals surface area (Å²) in [4.78, 5) is 25.7. The first-order chi connectivity index (χ1) is 9.90. The number of rotatable bonds is 1. The summed E-state index contributed by atoms with van der Waals surface area (Å²) in [5.41, 5.74) is 2.10. The highest BCUT2D eigenvalue weighted by molar-refractivity contribution is 9.12. The summed E-state index contributed by atoms with van der Waals surface area (Å²) >= 11 is 6.85. The molecule has 0 N–H and O–H groups in total. The van der Waals surface area contributed by atoms with Gasteiger partial charge in [0.05, 0.1) is 11.8 Å². The topological polar surface area (TPSA) is 34.1 Å². The molecular weight excluding hydrogens is 396 g/mol. The molecular formula is C17H14Br2O2. The van der Waals surface area contributed by atoms with E-state index >= 15 is 0 Å². The zero-order valence-electron chi connectivity index (χ0n) is 11.7. The molecule has 0 bridgehead atoms. The number of carbonyl (C=O) groups is 2. The molecule has 0 fully saturated rings. The lowest BCUT2D eigenvalue weighted by Crippen LogP contribution is -2.39. The number of allylic oxidation sites excluding steroid dienone is 4. The van der Waals surface area contributed by atoms with Crippen LogP contribution in [0.5, 0.6) is 0 Å². The number of benzene rings is 1. The van der Waals surface area contributed by atoms with Crippen molar-refractivity contribution < 1.29 is 9.59 Å². The summed E-state index contributed by atoms with van der Waals surface area (Å²) in [6.45, 7) is 4.12. The first-order valence-electron chi connectivity index (χ1n) is 6.87. The van der Waals surface area contributed by atoms with Crippen LogP contribution < -0.4 is 0 Å². The largest absolute Gasteiger partial charge is 0.293 e. The van der Waals surface area contributed by atoms with Gasteiger partial charge in [-0.1, -0.05) is 57.4 Å². The highest BCUT2D eigenvalue weighted by atomic mass is 79.9. The molecule has 2 atom stereocenters. The summed E-state index contributed by atoms with van der Waals surface area (Å²) in [6, 6.07) is 5.31. The second-order valence-corrected chi connectivity index (χ2v) is 7.60. The molecule has 2 unspecified atom stereocenters. The van der Waals surface area contributed by atoms with Crippen molar-refractivity contribution in [1.82, 2.24) is 0 Å². The number of fused-ring (bicyclic) bond motifs is 2. The standard InChI is InChI=1S/C17H14Br2O2/c1-8(2)12-6-10(19)7-14-15(12)17(21)13-5-9(18)3-4-11(13)16(14)20/h3-8,14-15H,1-2H3. The van der Waals surface area contributed by atoms with E-state index in [4.69, 9.17) is 0 Å². The van der Waals surface area contributed by atoms with Crippen LogP contribution in [0.1, 0.15) is 34.6 Å². The van der Waals surface area contributed by atoms with Gasteiger partial charge >= 0.3 is 0 Å². The Morgan fingerprint density at radius 3 is 2.43 bits per heavy atom. The third kappa shape index (κ3) is 2.38. The molecule has 0 saturated heterocycles. The number of ketones is 2. The SMILES string of the molecule is CC(C)C1=CC(Br)=CC2C(=O)c3ccc(Br)cc3C(=O)C12. The average molecular weight is 410 g/mol. The van der Waals surface area contributed by atoms with E-state index in [1.807, 2.05) is 18.2 Å². The smallest absolute Gasteiger partial charge is 0.171 e. The van der Waals surface area contributed by atoms with Crippen LogP contribution in [-0.2, 0) is 0 Å². The summed E-state index contributed by atoms with van der Waals surface area (Å²) in [5.74, 6) is -0.440. The van der Waals surface area contributed by atoms with Gasteiger partial charge in [0, 0.05) is 20.1 Å². The average Bonchev–Trinajstić information content (AvgIpc) is 2.43. The molecule has 0 aliphatic heterocycles. The van der Waals surface area contributed by atoms with Crippen molar-refractivity contribution in [3.63, 3.8) is 0 Å². The lowest BCUT2D eigenvalue weighted by molar-refractivity contribution is 0.0787. The van der Waals surface area contributed by atoms with E-state index in [-0.39, 0.29) is 29.3 Å². The molecule has 3 rings (SSSR count). The quantitative estimate of drug-likeness (QED) is 0.658. The predicted octanol–water partition coefficient (Wildman–Crippen LogP) is 4.94. The van der Waals surface area contributed by atoms with Crippen molar-refractivity contribution in [2.75, 3.05) is 0 Å². The molecule has 2 aliphatic rings. The molecule has 2 aliphatic carbocycles. The molecule has 1 aromatic carbocycles. The second-order valence-electron chi connectivity index (χ2n) is 5.77. The van der Waals surface area contributed by atoms with Gasteiger partial charge in [0.15, 0.2) is 11.6 Å².